The third-order valence-corrected chi connectivity index (χ3v) is 5.87. The van der Waals surface area contributed by atoms with Gasteiger partial charge in [0.1, 0.15) is 5.75 Å². The van der Waals surface area contributed by atoms with E-state index >= 15 is 0 Å². The standard InChI is InChI=1S/C24H26N2O6S/c1-30-22-14-9-19(15-23(22)31-2)25-24(27)17-32-21-12-10-20(11-13-21)26(33(3,28)29)16-18-7-5-4-6-8-18/h4-15H,16-17H2,1-3H3,(H,25,27). The van der Waals surface area contributed by atoms with Gasteiger partial charge in [-0.2, -0.15) is 0 Å². The molecule has 1 amide bonds. The first kappa shape index (κ1) is 23.9. The molecule has 0 atom stereocenters. The lowest BCUT2D eigenvalue weighted by Gasteiger charge is -2.22. The van der Waals surface area contributed by atoms with Crippen molar-refractivity contribution in [2.24, 2.45) is 0 Å². The second kappa shape index (κ2) is 10.7. The van der Waals surface area contributed by atoms with Crippen LogP contribution in [0.25, 0.3) is 0 Å². The lowest BCUT2D eigenvalue weighted by Crippen LogP contribution is -2.29. The highest BCUT2D eigenvalue weighted by atomic mass is 32.2. The monoisotopic (exact) mass is 470 g/mol. The Morgan fingerprint density at radius 1 is 0.909 bits per heavy atom. The predicted octanol–water partition coefficient (Wildman–Crippen LogP) is 3.69. The molecule has 0 unspecified atom stereocenters. The Bertz CT molecular complexity index is 1180. The van der Waals surface area contributed by atoms with Crippen LogP contribution in [-0.4, -0.2) is 41.4 Å². The Hall–Kier alpha value is -3.72. The van der Waals surface area contributed by atoms with Crippen molar-refractivity contribution in [3.05, 3.63) is 78.4 Å². The summed E-state index contributed by atoms with van der Waals surface area (Å²) in [7, 11) is -0.442. The van der Waals surface area contributed by atoms with Crippen molar-refractivity contribution in [2.75, 3.05) is 36.7 Å². The van der Waals surface area contributed by atoms with Gasteiger partial charge in [0.2, 0.25) is 10.0 Å². The number of sulfonamides is 1. The van der Waals surface area contributed by atoms with Crippen molar-refractivity contribution in [3.63, 3.8) is 0 Å². The molecule has 174 valence electrons. The van der Waals surface area contributed by atoms with E-state index in [1.165, 1.54) is 24.8 Å². The second-order valence-electron chi connectivity index (χ2n) is 7.16. The largest absolute Gasteiger partial charge is 0.493 e. The Balaban J connectivity index is 1.62. The molecule has 0 aliphatic rings. The zero-order valence-corrected chi connectivity index (χ0v) is 19.5. The topological polar surface area (TPSA) is 94.2 Å². The number of carbonyl (C=O) groups is 1. The first-order valence-corrected chi connectivity index (χ1v) is 11.9. The quantitative estimate of drug-likeness (QED) is 0.486. The molecule has 0 radical (unpaired) electrons. The minimum Gasteiger partial charge on any atom is -0.493 e. The third kappa shape index (κ3) is 6.63. The van der Waals surface area contributed by atoms with Gasteiger partial charge in [0.15, 0.2) is 18.1 Å². The summed E-state index contributed by atoms with van der Waals surface area (Å²) in [6, 6.07) is 20.9. The molecule has 0 aromatic heterocycles. The predicted molar refractivity (Wildman–Crippen MR) is 128 cm³/mol. The molecule has 0 spiro atoms. The molecule has 3 aromatic carbocycles. The number of anilines is 2. The molecule has 33 heavy (non-hydrogen) atoms. The van der Waals surface area contributed by atoms with E-state index in [-0.39, 0.29) is 19.1 Å². The first-order chi connectivity index (χ1) is 15.8. The number of hydrogen-bond acceptors (Lipinski definition) is 6. The van der Waals surface area contributed by atoms with E-state index in [4.69, 9.17) is 14.2 Å². The van der Waals surface area contributed by atoms with E-state index in [0.717, 1.165) is 5.56 Å². The fourth-order valence-electron chi connectivity index (χ4n) is 3.12. The van der Waals surface area contributed by atoms with Crippen LogP contribution in [-0.2, 0) is 21.4 Å². The van der Waals surface area contributed by atoms with Crippen molar-refractivity contribution < 1.29 is 27.4 Å². The summed E-state index contributed by atoms with van der Waals surface area (Å²) >= 11 is 0. The molecular formula is C24H26N2O6S. The van der Waals surface area contributed by atoms with Gasteiger partial charge < -0.3 is 19.5 Å². The van der Waals surface area contributed by atoms with Crippen LogP contribution < -0.4 is 23.8 Å². The number of methoxy groups -OCH3 is 2. The van der Waals surface area contributed by atoms with Crippen LogP contribution in [0.15, 0.2) is 72.8 Å². The Morgan fingerprint density at radius 3 is 2.18 bits per heavy atom. The molecular weight excluding hydrogens is 444 g/mol. The number of hydrogen-bond donors (Lipinski definition) is 1. The molecule has 0 heterocycles. The SMILES string of the molecule is COc1ccc(NC(=O)COc2ccc(N(Cc3ccccc3)S(C)(=O)=O)cc2)cc1OC. The van der Waals surface area contributed by atoms with E-state index in [9.17, 15) is 13.2 Å². The van der Waals surface area contributed by atoms with Crippen molar-refractivity contribution in [2.45, 2.75) is 6.54 Å². The van der Waals surface area contributed by atoms with Gasteiger partial charge in [-0.1, -0.05) is 30.3 Å². The average Bonchev–Trinajstić information content (AvgIpc) is 2.81. The van der Waals surface area contributed by atoms with Gasteiger partial charge in [-0.3, -0.25) is 9.10 Å². The molecule has 3 rings (SSSR count). The van der Waals surface area contributed by atoms with Crippen molar-refractivity contribution in [3.8, 4) is 17.2 Å². The number of rotatable bonds is 10. The van der Waals surface area contributed by atoms with Crippen molar-refractivity contribution in [1.82, 2.24) is 0 Å². The summed E-state index contributed by atoms with van der Waals surface area (Å²) in [6.07, 6.45) is 1.17. The van der Waals surface area contributed by atoms with Crippen LogP contribution in [0.4, 0.5) is 11.4 Å². The number of nitrogens with one attached hydrogen (secondary N) is 1. The molecule has 0 saturated carbocycles. The maximum absolute atomic E-state index is 12.3. The van der Waals surface area contributed by atoms with Gasteiger partial charge in [0, 0.05) is 11.8 Å². The summed E-state index contributed by atoms with van der Waals surface area (Å²) in [6.45, 7) is 0.00110. The van der Waals surface area contributed by atoms with Crippen LogP contribution in [0.1, 0.15) is 5.56 Å². The molecule has 0 bridgehead atoms. The maximum Gasteiger partial charge on any atom is 0.262 e. The number of ether oxygens (including phenoxy) is 3. The number of benzene rings is 3. The van der Waals surface area contributed by atoms with Gasteiger partial charge in [-0.25, -0.2) is 8.42 Å². The summed E-state index contributed by atoms with van der Waals surface area (Å²) in [5, 5.41) is 2.73. The molecule has 0 aliphatic carbocycles. The van der Waals surface area contributed by atoms with Crippen LogP contribution >= 0.6 is 0 Å². The van der Waals surface area contributed by atoms with E-state index in [1.54, 1.807) is 42.5 Å². The molecule has 1 N–H and O–H groups in total. The molecule has 9 heteroatoms. The molecule has 3 aromatic rings. The summed E-state index contributed by atoms with van der Waals surface area (Å²) in [4.78, 5) is 12.3. The van der Waals surface area contributed by atoms with Crippen LogP contribution in [0.3, 0.4) is 0 Å². The zero-order valence-electron chi connectivity index (χ0n) is 18.6. The zero-order chi connectivity index (χ0) is 23.8. The van der Waals surface area contributed by atoms with E-state index in [2.05, 4.69) is 5.32 Å². The van der Waals surface area contributed by atoms with Gasteiger partial charge >= 0.3 is 0 Å². The fourth-order valence-corrected chi connectivity index (χ4v) is 4.01. The number of nitrogens with zero attached hydrogens (tertiary/aromatic N) is 1. The van der Waals surface area contributed by atoms with E-state index < -0.39 is 10.0 Å². The minimum atomic E-state index is -3.49. The second-order valence-corrected chi connectivity index (χ2v) is 9.06. The van der Waals surface area contributed by atoms with Crippen LogP contribution in [0, 0.1) is 0 Å². The van der Waals surface area contributed by atoms with Gasteiger partial charge in [-0.05, 0) is 42.0 Å². The third-order valence-electron chi connectivity index (χ3n) is 4.73. The number of amides is 1. The lowest BCUT2D eigenvalue weighted by atomic mass is 10.2. The normalized spacial score (nSPS) is 10.9. The molecule has 0 saturated heterocycles. The van der Waals surface area contributed by atoms with Gasteiger partial charge in [0.25, 0.3) is 5.91 Å². The highest BCUT2D eigenvalue weighted by molar-refractivity contribution is 7.92. The Kier molecular flexibility index (Phi) is 7.78. The molecule has 8 nitrogen and oxygen atoms in total. The highest BCUT2D eigenvalue weighted by Gasteiger charge is 2.18. The van der Waals surface area contributed by atoms with E-state index in [0.29, 0.717) is 28.6 Å². The highest BCUT2D eigenvalue weighted by Crippen LogP contribution is 2.29. The van der Waals surface area contributed by atoms with Crippen molar-refractivity contribution >= 4 is 27.3 Å². The maximum atomic E-state index is 12.3. The van der Waals surface area contributed by atoms with Gasteiger partial charge in [0.05, 0.1) is 32.7 Å². The Morgan fingerprint density at radius 2 is 1.58 bits per heavy atom. The van der Waals surface area contributed by atoms with Gasteiger partial charge in [-0.15, -0.1) is 0 Å². The number of carbonyl (C=O) groups excluding carboxylic acids is 1. The van der Waals surface area contributed by atoms with Crippen LogP contribution in [0.5, 0.6) is 17.2 Å². The summed E-state index contributed by atoms with van der Waals surface area (Å²) < 4.78 is 41.9. The lowest BCUT2D eigenvalue weighted by molar-refractivity contribution is -0.118. The summed E-state index contributed by atoms with van der Waals surface area (Å²) in [5.41, 5.74) is 1.92. The van der Waals surface area contributed by atoms with Crippen molar-refractivity contribution in [1.29, 1.82) is 0 Å². The van der Waals surface area contributed by atoms with E-state index in [1.807, 2.05) is 30.3 Å². The average molecular weight is 471 g/mol. The molecule has 0 aliphatic heterocycles. The van der Waals surface area contributed by atoms with Crippen LogP contribution in [0.2, 0.25) is 0 Å². The summed E-state index contributed by atoms with van der Waals surface area (Å²) in [5.74, 6) is 1.14. The fraction of sp³-hybridized carbons (Fsp3) is 0.208. The molecule has 0 fully saturated rings. The minimum absolute atomic E-state index is 0.215. The Labute approximate surface area is 193 Å². The first-order valence-electron chi connectivity index (χ1n) is 10.1. The smallest absolute Gasteiger partial charge is 0.262 e.